The highest BCUT2D eigenvalue weighted by Gasteiger charge is 2.36. The molecule has 4 aromatic rings. The molecule has 7 nitrogen and oxygen atoms in total. The maximum Gasteiger partial charge on any atom is 0.418 e. The number of fused-ring (bicyclic) bond motifs is 1. The van der Waals surface area contributed by atoms with Crippen LogP contribution in [0.4, 0.5) is 13.2 Å². The quantitative estimate of drug-likeness (QED) is 0.417. The molecule has 1 aromatic carbocycles. The number of aromatic nitrogens is 4. The second-order valence-electron chi connectivity index (χ2n) is 8.84. The minimum atomic E-state index is -4.58. The first-order valence-electron chi connectivity index (χ1n) is 11.5. The fourth-order valence-corrected chi connectivity index (χ4v) is 4.64. The Bertz CT molecular complexity index is 1420. The lowest BCUT2D eigenvalue weighted by Gasteiger charge is -2.33. The molecule has 1 fully saturated rings. The summed E-state index contributed by atoms with van der Waals surface area (Å²) < 4.78 is 48.2. The van der Waals surface area contributed by atoms with Gasteiger partial charge in [0.05, 0.1) is 46.9 Å². The molecule has 0 radical (unpaired) electrons. The zero-order valence-corrected chi connectivity index (χ0v) is 19.8. The fraction of sp³-hybridized carbons (Fsp3) is 0.308. The molecule has 1 saturated heterocycles. The summed E-state index contributed by atoms with van der Waals surface area (Å²) in [7, 11) is 0. The summed E-state index contributed by atoms with van der Waals surface area (Å²) in [6.45, 7) is 4.67. The van der Waals surface area contributed by atoms with Gasteiger partial charge in [0.2, 0.25) is 0 Å². The van der Waals surface area contributed by atoms with Gasteiger partial charge in [0.25, 0.3) is 5.91 Å². The van der Waals surface area contributed by atoms with Crippen molar-refractivity contribution in [2.24, 2.45) is 0 Å². The third-order valence-electron chi connectivity index (χ3n) is 6.39. The number of alkyl halides is 3. The highest BCUT2D eigenvalue weighted by atomic mass is 19.4. The van der Waals surface area contributed by atoms with E-state index in [4.69, 9.17) is 4.74 Å². The van der Waals surface area contributed by atoms with E-state index in [2.05, 4.69) is 15.1 Å². The Hall–Kier alpha value is -3.79. The first-order valence-corrected chi connectivity index (χ1v) is 11.5. The first kappa shape index (κ1) is 23.9. The molecule has 1 atom stereocenters. The number of rotatable bonds is 4. The van der Waals surface area contributed by atoms with Crippen molar-refractivity contribution in [3.05, 3.63) is 83.1 Å². The van der Waals surface area contributed by atoms with Gasteiger partial charge in [0, 0.05) is 30.8 Å². The Labute approximate surface area is 205 Å². The normalized spacial score (nSPS) is 16.5. The van der Waals surface area contributed by atoms with Crippen LogP contribution in [0, 0.1) is 13.8 Å². The molecule has 1 aliphatic rings. The van der Waals surface area contributed by atoms with Crippen LogP contribution < -0.4 is 0 Å². The Morgan fingerprint density at radius 2 is 1.92 bits per heavy atom. The van der Waals surface area contributed by atoms with E-state index in [1.54, 1.807) is 24.8 Å². The van der Waals surface area contributed by atoms with E-state index in [1.165, 1.54) is 10.8 Å². The molecule has 0 spiro atoms. The van der Waals surface area contributed by atoms with Crippen molar-refractivity contribution in [3.8, 4) is 11.3 Å². The van der Waals surface area contributed by atoms with E-state index < -0.39 is 11.7 Å². The third kappa shape index (κ3) is 4.56. The highest BCUT2D eigenvalue weighted by molar-refractivity contribution is 5.96. The SMILES string of the molecule is Cc1nc(C)c(-c2cc(C(F)(F)F)c3cncnn23)cc1C(=O)N1CCOC(Cc2ccccc2)C1. The average Bonchev–Trinajstić information content (AvgIpc) is 3.25. The minimum Gasteiger partial charge on any atom is -0.374 e. The van der Waals surface area contributed by atoms with Crippen molar-refractivity contribution >= 4 is 11.4 Å². The van der Waals surface area contributed by atoms with Gasteiger partial charge >= 0.3 is 6.18 Å². The molecule has 1 aliphatic heterocycles. The monoisotopic (exact) mass is 495 g/mol. The molecule has 1 unspecified atom stereocenters. The molecular formula is C26H24F3N5O2. The second-order valence-corrected chi connectivity index (χ2v) is 8.84. The molecule has 1 amide bonds. The van der Waals surface area contributed by atoms with Crippen molar-refractivity contribution in [2.75, 3.05) is 19.7 Å². The van der Waals surface area contributed by atoms with Crippen molar-refractivity contribution in [1.29, 1.82) is 0 Å². The Kier molecular flexibility index (Phi) is 6.21. The van der Waals surface area contributed by atoms with Crippen molar-refractivity contribution in [3.63, 3.8) is 0 Å². The zero-order valence-electron chi connectivity index (χ0n) is 19.8. The lowest BCUT2D eigenvalue weighted by Crippen LogP contribution is -2.46. The van der Waals surface area contributed by atoms with E-state index in [0.29, 0.717) is 48.6 Å². The number of nitrogens with zero attached hydrogens (tertiary/aromatic N) is 5. The number of hydrogen-bond acceptors (Lipinski definition) is 5. The van der Waals surface area contributed by atoms with Crippen LogP contribution in [0.25, 0.3) is 16.8 Å². The third-order valence-corrected chi connectivity index (χ3v) is 6.39. The largest absolute Gasteiger partial charge is 0.418 e. The van der Waals surface area contributed by atoms with E-state index in [0.717, 1.165) is 17.8 Å². The summed E-state index contributed by atoms with van der Waals surface area (Å²) in [4.78, 5) is 23.5. The van der Waals surface area contributed by atoms with E-state index >= 15 is 0 Å². The van der Waals surface area contributed by atoms with E-state index in [1.807, 2.05) is 30.3 Å². The average molecular weight is 496 g/mol. The first-order chi connectivity index (χ1) is 17.2. The van der Waals surface area contributed by atoms with Crippen molar-refractivity contribution < 1.29 is 22.7 Å². The maximum atomic E-state index is 13.7. The summed E-state index contributed by atoms with van der Waals surface area (Å²) in [5, 5.41) is 4.04. The molecule has 0 N–H and O–H groups in total. The number of hydrogen-bond donors (Lipinski definition) is 0. The molecule has 5 rings (SSSR count). The van der Waals surface area contributed by atoms with Gasteiger partial charge in [-0.2, -0.15) is 18.3 Å². The molecule has 0 bridgehead atoms. The summed E-state index contributed by atoms with van der Waals surface area (Å²) in [5.74, 6) is -0.228. The van der Waals surface area contributed by atoms with Crippen molar-refractivity contribution in [1.82, 2.24) is 24.5 Å². The van der Waals surface area contributed by atoms with Gasteiger partial charge in [-0.1, -0.05) is 30.3 Å². The summed E-state index contributed by atoms with van der Waals surface area (Å²) in [5.41, 5.74) is 2.07. The predicted octanol–water partition coefficient (Wildman–Crippen LogP) is 4.51. The molecule has 4 heterocycles. The number of carbonyl (C=O) groups excluding carboxylic acids is 1. The van der Waals surface area contributed by atoms with Gasteiger partial charge in [-0.25, -0.2) is 9.50 Å². The Morgan fingerprint density at radius 3 is 2.67 bits per heavy atom. The van der Waals surface area contributed by atoms with Gasteiger partial charge in [0.15, 0.2) is 0 Å². The van der Waals surface area contributed by atoms with E-state index in [9.17, 15) is 18.0 Å². The number of benzene rings is 1. The number of aryl methyl sites for hydroxylation is 2. The molecule has 0 saturated carbocycles. The number of carbonyl (C=O) groups is 1. The zero-order chi connectivity index (χ0) is 25.4. The van der Waals surface area contributed by atoms with Crippen LogP contribution in [0.1, 0.15) is 32.9 Å². The molecule has 186 valence electrons. The highest BCUT2D eigenvalue weighted by Crippen LogP contribution is 2.37. The van der Waals surface area contributed by atoms with Crippen LogP contribution in [0.3, 0.4) is 0 Å². The van der Waals surface area contributed by atoms with Crippen LogP contribution in [0.5, 0.6) is 0 Å². The number of amides is 1. The fourth-order valence-electron chi connectivity index (χ4n) is 4.64. The van der Waals surface area contributed by atoms with Crippen LogP contribution in [0.2, 0.25) is 0 Å². The van der Waals surface area contributed by atoms with Crippen molar-refractivity contribution in [2.45, 2.75) is 32.5 Å². The smallest absolute Gasteiger partial charge is 0.374 e. The lowest BCUT2D eigenvalue weighted by atomic mass is 10.0. The standard InChI is InChI=1S/C26H24F3N5O2/c1-16-20(23-12-22(26(27,28)29)24-13-30-15-31-34(23)24)11-21(17(2)32-16)25(35)33-8-9-36-19(14-33)10-18-6-4-3-5-7-18/h3-7,11-13,15,19H,8-10,14H2,1-2H3. The second kappa shape index (κ2) is 9.34. The molecule has 0 aliphatic carbocycles. The summed E-state index contributed by atoms with van der Waals surface area (Å²) in [6, 6.07) is 12.6. The van der Waals surface area contributed by atoms with E-state index in [-0.39, 0.29) is 23.2 Å². The number of pyridine rings is 1. The number of morpholine rings is 1. The Morgan fingerprint density at radius 1 is 1.14 bits per heavy atom. The van der Waals surface area contributed by atoms with Gasteiger partial charge in [-0.3, -0.25) is 9.78 Å². The minimum absolute atomic E-state index is 0.149. The van der Waals surface area contributed by atoms with Gasteiger partial charge < -0.3 is 9.64 Å². The number of halogens is 3. The topological polar surface area (TPSA) is 72.6 Å². The van der Waals surface area contributed by atoms with Gasteiger partial charge in [0.1, 0.15) is 6.33 Å². The van der Waals surface area contributed by atoms with Crippen LogP contribution in [-0.2, 0) is 17.3 Å². The van der Waals surface area contributed by atoms with Gasteiger partial charge in [-0.05, 0) is 31.5 Å². The lowest BCUT2D eigenvalue weighted by molar-refractivity contribution is -0.136. The molecule has 36 heavy (non-hydrogen) atoms. The van der Waals surface area contributed by atoms with Crippen LogP contribution in [0.15, 0.2) is 55.0 Å². The summed E-state index contributed by atoms with van der Waals surface area (Å²) >= 11 is 0. The molecule has 10 heteroatoms. The summed E-state index contributed by atoms with van der Waals surface area (Å²) in [6.07, 6.45) is -1.75. The predicted molar refractivity (Wildman–Crippen MR) is 126 cm³/mol. The molecular weight excluding hydrogens is 471 g/mol. The number of ether oxygens (including phenoxy) is 1. The van der Waals surface area contributed by atoms with Crippen LogP contribution >= 0.6 is 0 Å². The Balaban J connectivity index is 1.48. The molecule has 3 aromatic heterocycles. The maximum absolute atomic E-state index is 13.7. The van der Waals surface area contributed by atoms with Gasteiger partial charge in [-0.15, -0.1) is 0 Å². The van der Waals surface area contributed by atoms with Crippen LogP contribution in [-0.4, -0.2) is 56.2 Å².